The molecule has 5 heterocycles. The van der Waals surface area contributed by atoms with E-state index in [1.54, 1.807) is 25.5 Å². The molecule has 1 atom stereocenters. The van der Waals surface area contributed by atoms with Crippen molar-refractivity contribution in [1.29, 1.82) is 0 Å². The second kappa shape index (κ2) is 8.16. The van der Waals surface area contributed by atoms with Crippen molar-refractivity contribution in [3.8, 4) is 22.5 Å². The molecule has 9 nitrogen and oxygen atoms in total. The molecule has 1 fully saturated rings. The van der Waals surface area contributed by atoms with Crippen molar-refractivity contribution in [2.24, 2.45) is 5.41 Å². The minimum atomic E-state index is -0.505. The molecular formula is C22H24ClN7O2. The molecule has 1 saturated heterocycles. The molecular weight excluding hydrogens is 430 g/mol. The molecule has 0 radical (unpaired) electrons. The van der Waals surface area contributed by atoms with Crippen molar-refractivity contribution in [2.45, 2.75) is 26.5 Å². The van der Waals surface area contributed by atoms with Crippen LogP contribution in [0.2, 0.25) is 5.02 Å². The van der Waals surface area contributed by atoms with Crippen molar-refractivity contribution >= 4 is 28.6 Å². The van der Waals surface area contributed by atoms with Crippen LogP contribution in [0.5, 0.6) is 0 Å². The van der Waals surface area contributed by atoms with Crippen LogP contribution in [0.1, 0.15) is 13.8 Å². The van der Waals surface area contributed by atoms with Crippen LogP contribution >= 0.6 is 11.6 Å². The molecule has 32 heavy (non-hydrogen) atoms. The first-order valence-corrected chi connectivity index (χ1v) is 10.8. The van der Waals surface area contributed by atoms with E-state index < -0.39 is 6.10 Å². The lowest BCUT2D eigenvalue weighted by atomic mass is 9.89. The number of nitrogens with zero attached hydrogens (tertiary/aromatic N) is 5. The Balaban J connectivity index is 1.58. The fraction of sp³-hybridized carbons (Fsp3) is 0.364. The SMILES string of the molecule is C[C@H](O)CNc1nccc(-c2cn(CC3(C)COC3)nc2-c2cnc3[nH]cc(Cl)c3c2)n1. The molecule has 4 aromatic rings. The summed E-state index contributed by atoms with van der Waals surface area (Å²) in [5.74, 6) is 0.448. The van der Waals surface area contributed by atoms with Crippen LogP contribution in [0.3, 0.4) is 0 Å². The standard InChI is InChI=1S/C22H24ClN7O2/c1-13(31)6-27-21-24-4-3-18(28-21)16-9-30(10-22(2)11-32-12-22)29-19(16)14-5-15-17(23)8-26-20(15)25-7-14/h3-5,7-9,13,31H,6,10-12H2,1-2H3,(H,25,26)(H,24,27,28)/t13-/m0/s1. The van der Waals surface area contributed by atoms with Crippen LogP contribution < -0.4 is 5.32 Å². The number of aromatic nitrogens is 6. The molecule has 0 unspecified atom stereocenters. The quantitative estimate of drug-likeness (QED) is 0.393. The minimum Gasteiger partial charge on any atom is -0.392 e. The van der Waals surface area contributed by atoms with Crippen LogP contribution in [-0.2, 0) is 11.3 Å². The lowest BCUT2D eigenvalue weighted by molar-refractivity contribution is -0.111. The molecule has 166 valence electrons. The van der Waals surface area contributed by atoms with Gasteiger partial charge in [-0.2, -0.15) is 5.10 Å². The summed E-state index contributed by atoms with van der Waals surface area (Å²) in [7, 11) is 0. The van der Waals surface area contributed by atoms with Crippen molar-refractivity contribution < 1.29 is 9.84 Å². The van der Waals surface area contributed by atoms with Crippen LogP contribution in [0, 0.1) is 5.41 Å². The number of aromatic amines is 1. The number of anilines is 1. The highest BCUT2D eigenvalue weighted by atomic mass is 35.5. The van der Waals surface area contributed by atoms with Crippen LogP contribution in [0.25, 0.3) is 33.5 Å². The zero-order valence-corrected chi connectivity index (χ0v) is 18.6. The third kappa shape index (κ3) is 4.06. The zero-order valence-electron chi connectivity index (χ0n) is 17.8. The Morgan fingerprint density at radius 3 is 2.97 bits per heavy atom. The normalized spacial score (nSPS) is 16.1. The number of halogens is 1. The summed E-state index contributed by atoms with van der Waals surface area (Å²) in [5, 5.41) is 19.0. The van der Waals surface area contributed by atoms with Gasteiger partial charge in [-0.3, -0.25) is 4.68 Å². The van der Waals surface area contributed by atoms with Crippen molar-refractivity contribution in [2.75, 3.05) is 25.1 Å². The Kier molecular flexibility index (Phi) is 5.32. The van der Waals surface area contributed by atoms with Gasteiger partial charge in [0.05, 0.1) is 36.6 Å². The molecule has 3 N–H and O–H groups in total. The molecule has 1 aliphatic heterocycles. The first-order valence-electron chi connectivity index (χ1n) is 10.4. The summed E-state index contributed by atoms with van der Waals surface area (Å²) in [6.07, 6.45) is 6.70. The fourth-order valence-electron chi connectivity index (χ4n) is 3.77. The van der Waals surface area contributed by atoms with Gasteiger partial charge in [0.1, 0.15) is 11.3 Å². The number of ether oxygens (including phenoxy) is 1. The Morgan fingerprint density at radius 2 is 2.22 bits per heavy atom. The molecule has 4 aromatic heterocycles. The average Bonchev–Trinajstić information content (AvgIpc) is 3.35. The molecule has 1 aliphatic rings. The summed E-state index contributed by atoms with van der Waals surface area (Å²) in [5.41, 5.74) is 3.99. The second-order valence-corrected chi connectivity index (χ2v) is 9.05. The number of hydrogen-bond acceptors (Lipinski definition) is 7. The van der Waals surface area contributed by atoms with Crippen molar-refractivity contribution in [3.63, 3.8) is 0 Å². The zero-order chi connectivity index (χ0) is 22.3. The van der Waals surface area contributed by atoms with E-state index in [0.717, 1.165) is 40.1 Å². The largest absolute Gasteiger partial charge is 0.392 e. The van der Waals surface area contributed by atoms with Gasteiger partial charge in [0, 0.05) is 53.3 Å². The van der Waals surface area contributed by atoms with Crippen LogP contribution in [-0.4, -0.2) is 60.7 Å². The predicted octanol–water partition coefficient (Wildman–Crippen LogP) is 3.37. The molecule has 5 rings (SSSR count). The maximum atomic E-state index is 9.56. The highest BCUT2D eigenvalue weighted by Gasteiger charge is 2.34. The van der Waals surface area contributed by atoms with E-state index in [2.05, 4.69) is 32.2 Å². The van der Waals surface area contributed by atoms with E-state index in [1.807, 2.05) is 23.0 Å². The highest BCUT2D eigenvalue weighted by molar-refractivity contribution is 6.35. The molecule has 10 heteroatoms. The maximum Gasteiger partial charge on any atom is 0.223 e. The number of H-pyrrole nitrogens is 1. The number of aliphatic hydroxyl groups excluding tert-OH is 1. The van der Waals surface area contributed by atoms with Gasteiger partial charge in [0.15, 0.2) is 0 Å². The van der Waals surface area contributed by atoms with Crippen LogP contribution in [0.15, 0.2) is 36.9 Å². The predicted molar refractivity (Wildman–Crippen MR) is 122 cm³/mol. The molecule has 0 amide bonds. The van der Waals surface area contributed by atoms with E-state index in [0.29, 0.717) is 30.7 Å². The van der Waals surface area contributed by atoms with Gasteiger partial charge in [0.2, 0.25) is 5.95 Å². The number of rotatable bonds is 7. The summed E-state index contributed by atoms with van der Waals surface area (Å²) in [6.45, 7) is 6.42. The van der Waals surface area contributed by atoms with Gasteiger partial charge in [-0.1, -0.05) is 18.5 Å². The van der Waals surface area contributed by atoms with E-state index in [9.17, 15) is 5.11 Å². The van der Waals surface area contributed by atoms with Gasteiger partial charge in [0.25, 0.3) is 0 Å². The minimum absolute atomic E-state index is 0.0579. The summed E-state index contributed by atoms with van der Waals surface area (Å²) in [4.78, 5) is 16.5. The van der Waals surface area contributed by atoms with Crippen LogP contribution in [0.4, 0.5) is 5.95 Å². The third-order valence-corrected chi connectivity index (χ3v) is 5.76. The summed E-state index contributed by atoms with van der Waals surface area (Å²) in [6, 6.07) is 3.83. The highest BCUT2D eigenvalue weighted by Crippen LogP contribution is 2.35. The van der Waals surface area contributed by atoms with Gasteiger partial charge < -0.3 is 20.1 Å². The second-order valence-electron chi connectivity index (χ2n) is 8.64. The number of hydrogen-bond donors (Lipinski definition) is 3. The van der Waals surface area contributed by atoms with E-state index in [-0.39, 0.29) is 5.41 Å². The van der Waals surface area contributed by atoms with Gasteiger partial charge in [-0.15, -0.1) is 0 Å². The van der Waals surface area contributed by atoms with Crippen molar-refractivity contribution in [1.82, 2.24) is 29.7 Å². The van der Waals surface area contributed by atoms with Crippen molar-refractivity contribution in [3.05, 3.63) is 41.9 Å². The fourth-order valence-corrected chi connectivity index (χ4v) is 3.97. The Labute approximate surface area is 189 Å². The van der Waals surface area contributed by atoms with E-state index in [1.165, 1.54) is 0 Å². The lowest BCUT2D eigenvalue weighted by Gasteiger charge is -2.37. The Bertz CT molecular complexity index is 1260. The smallest absolute Gasteiger partial charge is 0.223 e. The third-order valence-electron chi connectivity index (χ3n) is 5.45. The van der Waals surface area contributed by atoms with Gasteiger partial charge in [-0.25, -0.2) is 15.0 Å². The lowest BCUT2D eigenvalue weighted by Crippen LogP contribution is -2.43. The topological polar surface area (TPSA) is 114 Å². The first-order chi connectivity index (χ1) is 15.4. The van der Waals surface area contributed by atoms with E-state index in [4.69, 9.17) is 21.4 Å². The van der Waals surface area contributed by atoms with Gasteiger partial charge >= 0.3 is 0 Å². The number of fused-ring (bicyclic) bond motifs is 1. The van der Waals surface area contributed by atoms with E-state index >= 15 is 0 Å². The Hall–Kier alpha value is -3.01. The molecule has 0 saturated carbocycles. The summed E-state index contributed by atoms with van der Waals surface area (Å²) >= 11 is 6.33. The molecule has 0 aliphatic carbocycles. The number of nitrogens with one attached hydrogen (secondary N) is 2. The first kappa shape index (κ1) is 20.9. The maximum absolute atomic E-state index is 9.56. The monoisotopic (exact) mass is 453 g/mol. The molecule has 0 bridgehead atoms. The number of pyridine rings is 1. The Morgan fingerprint density at radius 1 is 1.38 bits per heavy atom. The van der Waals surface area contributed by atoms with Gasteiger partial charge in [-0.05, 0) is 19.1 Å². The average molecular weight is 454 g/mol. The number of aliphatic hydroxyl groups is 1. The summed E-state index contributed by atoms with van der Waals surface area (Å²) < 4.78 is 7.36. The molecule has 0 spiro atoms. The molecule has 0 aromatic carbocycles.